The Kier molecular flexibility index (Phi) is 6.25. The van der Waals surface area contributed by atoms with E-state index in [1.54, 1.807) is 31.4 Å². The SMILES string of the molecule is CCCCN1C(=O)C(=O)N(CC(=O)N2N=C(c3ccc(OC)cc3)CC2c2ccco2)C1=O. The lowest BCUT2D eigenvalue weighted by Crippen LogP contribution is -2.42. The van der Waals surface area contributed by atoms with Gasteiger partial charge in [0.2, 0.25) is 0 Å². The fourth-order valence-electron chi connectivity index (χ4n) is 3.81. The molecule has 1 fully saturated rings. The van der Waals surface area contributed by atoms with E-state index in [0.717, 1.165) is 16.9 Å². The summed E-state index contributed by atoms with van der Waals surface area (Å²) in [5, 5.41) is 5.70. The monoisotopic (exact) mass is 452 g/mol. The normalized spacial score (nSPS) is 18.4. The first-order valence-corrected chi connectivity index (χ1v) is 10.7. The van der Waals surface area contributed by atoms with Crippen LogP contribution in [0.2, 0.25) is 0 Å². The maximum Gasteiger partial charge on any atom is 0.334 e. The molecular formula is C23H24N4O6. The first-order valence-electron chi connectivity index (χ1n) is 10.7. The zero-order valence-electron chi connectivity index (χ0n) is 18.4. The van der Waals surface area contributed by atoms with Gasteiger partial charge in [-0.2, -0.15) is 5.10 Å². The van der Waals surface area contributed by atoms with Crippen molar-refractivity contribution in [3.63, 3.8) is 0 Å². The van der Waals surface area contributed by atoms with Crippen molar-refractivity contribution in [1.29, 1.82) is 0 Å². The zero-order valence-corrected chi connectivity index (χ0v) is 18.4. The molecule has 1 saturated heterocycles. The van der Waals surface area contributed by atoms with E-state index in [-0.39, 0.29) is 6.54 Å². The van der Waals surface area contributed by atoms with Gasteiger partial charge >= 0.3 is 17.8 Å². The molecule has 10 heteroatoms. The highest BCUT2D eigenvalue weighted by Gasteiger charge is 2.46. The molecule has 10 nitrogen and oxygen atoms in total. The molecule has 3 heterocycles. The molecule has 2 aliphatic heterocycles. The van der Waals surface area contributed by atoms with Gasteiger partial charge in [0, 0.05) is 13.0 Å². The van der Waals surface area contributed by atoms with Crippen molar-refractivity contribution in [2.24, 2.45) is 5.10 Å². The molecule has 0 spiro atoms. The summed E-state index contributed by atoms with van der Waals surface area (Å²) in [7, 11) is 1.57. The minimum atomic E-state index is -1.00. The van der Waals surface area contributed by atoms with E-state index in [9.17, 15) is 19.2 Å². The second-order valence-electron chi connectivity index (χ2n) is 7.73. The fourth-order valence-corrected chi connectivity index (χ4v) is 3.81. The number of urea groups is 1. The number of benzene rings is 1. The molecule has 1 aromatic heterocycles. The highest BCUT2D eigenvalue weighted by atomic mass is 16.5. The van der Waals surface area contributed by atoms with Gasteiger partial charge < -0.3 is 9.15 Å². The van der Waals surface area contributed by atoms with E-state index in [1.807, 2.05) is 19.1 Å². The maximum absolute atomic E-state index is 13.2. The Hall–Kier alpha value is -3.95. The third-order valence-corrected chi connectivity index (χ3v) is 5.62. The number of hydrogen-bond donors (Lipinski definition) is 0. The van der Waals surface area contributed by atoms with Crippen LogP contribution >= 0.6 is 0 Å². The van der Waals surface area contributed by atoms with Crippen LogP contribution in [0.4, 0.5) is 4.79 Å². The quantitative estimate of drug-likeness (QED) is 0.449. The molecule has 172 valence electrons. The van der Waals surface area contributed by atoms with Gasteiger partial charge in [-0.3, -0.25) is 19.3 Å². The lowest BCUT2D eigenvalue weighted by molar-refractivity contribution is -0.145. The number of imide groups is 2. The summed E-state index contributed by atoms with van der Waals surface area (Å²) in [4.78, 5) is 51.9. The second-order valence-corrected chi connectivity index (χ2v) is 7.73. The summed E-state index contributed by atoms with van der Waals surface area (Å²) < 4.78 is 10.7. The summed E-state index contributed by atoms with van der Waals surface area (Å²) in [6.07, 6.45) is 3.22. The number of carbonyl (C=O) groups is 4. The van der Waals surface area contributed by atoms with Crippen LogP contribution in [-0.4, -0.2) is 64.5 Å². The van der Waals surface area contributed by atoms with Crippen molar-refractivity contribution in [2.45, 2.75) is 32.2 Å². The van der Waals surface area contributed by atoms with Gasteiger partial charge in [-0.05, 0) is 48.4 Å². The van der Waals surface area contributed by atoms with Crippen LogP contribution in [-0.2, 0) is 14.4 Å². The number of furan rings is 1. The average Bonchev–Trinajstić information content (AvgIpc) is 3.55. The standard InChI is InChI=1S/C23H24N4O6/c1-3-4-11-25-21(29)22(30)26(23(25)31)14-20(28)27-18(19-6-5-12-33-19)13-17(24-27)15-7-9-16(32-2)10-8-15/h5-10,12,18H,3-4,11,13-14H2,1-2H3. The Morgan fingerprint density at radius 3 is 2.48 bits per heavy atom. The van der Waals surface area contributed by atoms with Gasteiger partial charge in [-0.15, -0.1) is 0 Å². The minimum absolute atomic E-state index is 0.142. The molecule has 1 unspecified atom stereocenters. The van der Waals surface area contributed by atoms with Gasteiger partial charge in [-0.25, -0.2) is 14.7 Å². The number of ether oxygens (including phenoxy) is 1. The number of nitrogens with zero attached hydrogens (tertiary/aromatic N) is 4. The molecule has 4 rings (SSSR count). The minimum Gasteiger partial charge on any atom is -0.497 e. The van der Waals surface area contributed by atoms with Crippen LogP contribution in [0.5, 0.6) is 5.75 Å². The summed E-state index contributed by atoms with van der Waals surface area (Å²) in [5.74, 6) is -1.29. The van der Waals surface area contributed by atoms with E-state index >= 15 is 0 Å². The van der Waals surface area contributed by atoms with E-state index < -0.39 is 36.3 Å². The Balaban J connectivity index is 1.57. The second kappa shape index (κ2) is 9.27. The largest absolute Gasteiger partial charge is 0.497 e. The van der Waals surface area contributed by atoms with Gasteiger partial charge in [0.1, 0.15) is 24.1 Å². The fraction of sp³-hybridized carbons (Fsp3) is 0.348. The van der Waals surface area contributed by atoms with Crippen LogP contribution in [0.3, 0.4) is 0 Å². The first kappa shape index (κ1) is 22.3. The lowest BCUT2D eigenvalue weighted by Gasteiger charge is -2.22. The van der Waals surface area contributed by atoms with Crippen molar-refractivity contribution in [3.05, 3.63) is 54.0 Å². The molecule has 2 aromatic rings. The first-order chi connectivity index (χ1) is 15.9. The summed E-state index contributed by atoms with van der Waals surface area (Å²) in [6.45, 7) is 1.47. The molecule has 1 aromatic carbocycles. The Bertz CT molecular complexity index is 1090. The Morgan fingerprint density at radius 2 is 1.85 bits per heavy atom. The predicted octanol–water partition coefficient (Wildman–Crippen LogP) is 2.56. The number of unbranched alkanes of at least 4 members (excludes halogenated alkanes) is 1. The van der Waals surface area contributed by atoms with Gasteiger partial charge in [-0.1, -0.05) is 13.3 Å². The zero-order chi connectivity index (χ0) is 23.5. The van der Waals surface area contributed by atoms with Gasteiger partial charge in [0.25, 0.3) is 5.91 Å². The van der Waals surface area contributed by atoms with Crippen LogP contribution in [0, 0.1) is 0 Å². The summed E-state index contributed by atoms with van der Waals surface area (Å²) >= 11 is 0. The van der Waals surface area contributed by atoms with Crippen LogP contribution < -0.4 is 4.74 Å². The van der Waals surface area contributed by atoms with E-state index in [0.29, 0.717) is 35.0 Å². The molecule has 33 heavy (non-hydrogen) atoms. The number of hydrogen-bond acceptors (Lipinski definition) is 7. The van der Waals surface area contributed by atoms with Crippen LogP contribution in [0.25, 0.3) is 0 Å². The van der Waals surface area contributed by atoms with Crippen molar-refractivity contribution in [1.82, 2.24) is 14.8 Å². The summed E-state index contributed by atoms with van der Waals surface area (Å²) in [6, 6.07) is 9.39. The maximum atomic E-state index is 13.2. The molecule has 5 amide bonds. The summed E-state index contributed by atoms with van der Waals surface area (Å²) in [5.41, 5.74) is 1.45. The molecular weight excluding hydrogens is 428 g/mol. The number of methoxy groups -OCH3 is 1. The van der Waals surface area contributed by atoms with Gasteiger partial charge in [0.05, 0.1) is 19.1 Å². The van der Waals surface area contributed by atoms with E-state index in [1.165, 1.54) is 11.3 Å². The van der Waals surface area contributed by atoms with Crippen molar-refractivity contribution in [2.75, 3.05) is 20.2 Å². The number of hydrazone groups is 1. The highest BCUT2D eigenvalue weighted by molar-refractivity contribution is 6.45. The molecule has 0 saturated carbocycles. The molecule has 0 bridgehead atoms. The van der Waals surface area contributed by atoms with E-state index in [4.69, 9.17) is 9.15 Å². The van der Waals surface area contributed by atoms with Crippen molar-refractivity contribution in [3.8, 4) is 5.75 Å². The Labute approximate surface area is 190 Å². The number of amides is 5. The topological polar surface area (TPSA) is 113 Å². The molecule has 1 atom stereocenters. The van der Waals surface area contributed by atoms with Crippen molar-refractivity contribution < 1.29 is 28.3 Å². The molecule has 0 N–H and O–H groups in total. The Morgan fingerprint density at radius 1 is 1.12 bits per heavy atom. The van der Waals surface area contributed by atoms with E-state index in [2.05, 4.69) is 5.10 Å². The number of carbonyl (C=O) groups excluding carboxylic acids is 4. The lowest BCUT2D eigenvalue weighted by atomic mass is 10.0. The van der Waals surface area contributed by atoms with Crippen molar-refractivity contribution >= 4 is 29.5 Å². The third-order valence-electron chi connectivity index (χ3n) is 5.62. The predicted molar refractivity (Wildman–Crippen MR) is 116 cm³/mol. The van der Waals surface area contributed by atoms with Crippen LogP contribution in [0.15, 0.2) is 52.2 Å². The average molecular weight is 452 g/mol. The third kappa shape index (κ3) is 4.23. The molecule has 0 aliphatic carbocycles. The molecule has 2 aliphatic rings. The van der Waals surface area contributed by atoms with Crippen LogP contribution in [0.1, 0.15) is 43.6 Å². The number of rotatable bonds is 8. The highest BCUT2D eigenvalue weighted by Crippen LogP contribution is 2.33. The van der Waals surface area contributed by atoms with Gasteiger partial charge in [0.15, 0.2) is 0 Å². The molecule has 0 radical (unpaired) electrons. The smallest absolute Gasteiger partial charge is 0.334 e.